The van der Waals surface area contributed by atoms with Gasteiger partial charge in [-0.3, -0.25) is 9.69 Å². The van der Waals surface area contributed by atoms with E-state index in [4.69, 9.17) is 4.74 Å². The molecule has 7 nitrogen and oxygen atoms in total. The van der Waals surface area contributed by atoms with Crippen molar-refractivity contribution < 1.29 is 14.3 Å². The van der Waals surface area contributed by atoms with Crippen LogP contribution in [0, 0.1) is 0 Å². The number of amides is 2. The third-order valence-electron chi connectivity index (χ3n) is 8.87. The Hall–Kier alpha value is -2.28. The molecule has 2 aliphatic carbocycles. The molecule has 4 aliphatic rings. The average molecular weight is 511 g/mol. The maximum absolute atomic E-state index is 13.8. The summed E-state index contributed by atoms with van der Waals surface area (Å²) in [5.41, 5.74) is 1.94. The van der Waals surface area contributed by atoms with Gasteiger partial charge in [0.2, 0.25) is 5.91 Å². The lowest BCUT2D eigenvalue weighted by atomic mass is 9.90. The first kappa shape index (κ1) is 26.3. The monoisotopic (exact) mass is 510 g/mol. The van der Waals surface area contributed by atoms with Gasteiger partial charge in [0, 0.05) is 56.5 Å². The van der Waals surface area contributed by atoms with Crippen molar-refractivity contribution in [2.45, 2.75) is 108 Å². The maximum Gasteiger partial charge on any atom is 0.407 e. The zero-order chi connectivity index (χ0) is 26.0. The molecule has 2 aliphatic heterocycles. The molecule has 204 valence electrons. The molecule has 0 radical (unpaired) electrons. The predicted molar refractivity (Wildman–Crippen MR) is 147 cm³/mol. The molecular formula is C30H46N4O3. The highest BCUT2D eigenvalue weighted by atomic mass is 16.6. The van der Waals surface area contributed by atoms with Crippen LogP contribution in [-0.2, 0) is 9.53 Å². The number of hydrogen-bond donors (Lipinski definition) is 1. The minimum absolute atomic E-state index is 0.0740. The molecule has 1 N–H and O–H groups in total. The first-order valence-electron chi connectivity index (χ1n) is 14.7. The number of ether oxygens (including phenoxy) is 1. The summed E-state index contributed by atoms with van der Waals surface area (Å²) in [5, 5.41) is 3.06. The lowest BCUT2D eigenvalue weighted by Crippen LogP contribution is -2.53. The number of carbonyl (C=O) groups is 2. The predicted octanol–water partition coefficient (Wildman–Crippen LogP) is 4.90. The molecule has 7 heteroatoms. The van der Waals surface area contributed by atoms with Gasteiger partial charge in [0.1, 0.15) is 5.60 Å². The van der Waals surface area contributed by atoms with E-state index in [1.807, 2.05) is 20.8 Å². The highest BCUT2D eigenvalue weighted by molar-refractivity contribution is 5.88. The van der Waals surface area contributed by atoms with Crippen molar-refractivity contribution in [1.29, 1.82) is 0 Å². The van der Waals surface area contributed by atoms with Crippen molar-refractivity contribution in [3.05, 3.63) is 29.8 Å². The van der Waals surface area contributed by atoms with E-state index in [2.05, 4.69) is 44.3 Å². The molecule has 1 saturated heterocycles. The van der Waals surface area contributed by atoms with Crippen LogP contribution in [0.4, 0.5) is 10.5 Å². The molecule has 1 atom stereocenters. The summed E-state index contributed by atoms with van der Waals surface area (Å²) < 4.78 is 5.45. The molecular weight excluding hydrogens is 464 g/mol. The van der Waals surface area contributed by atoms with Crippen molar-refractivity contribution in [2.75, 3.05) is 37.6 Å². The summed E-state index contributed by atoms with van der Waals surface area (Å²) >= 11 is 0. The van der Waals surface area contributed by atoms with Gasteiger partial charge in [-0.05, 0) is 70.9 Å². The van der Waals surface area contributed by atoms with Crippen LogP contribution in [0.15, 0.2) is 24.3 Å². The number of nitrogens with one attached hydrogen (secondary N) is 1. The first-order valence-corrected chi connectivity index (χ1v) is 14.7. The maximum atomic E-state index is 13.8. The number of hydrogen-bond acceptors (Lipinski definition) is 5. The molecule has 2 heterocycles. The third-order valence-corrected chi connectivity index (χ3v) is 8.87. The number of nitrogens with zero attached hydrogens (tertiary/aromatic N) is 3. The van der Waals surface area contributed by atoms with Gasteiger partial charge >= 0.3 is 6.09 Å². The number of para-hydroxylation sites is 1. The Morgan fingerprint density at radius 2 is 1.54 bits per heavy atom. The van der Waals surface area contributed by atoms with E-state index in [-0.39, 0.29) is 18.1 Å². The number of fused-ring (bicyclic) bond motifs is 1. The van der Waals surface area contributed by atoms with Gasteiger partial charge in [-0.25, -0.2) is 4.79 Å². The third kappa shape index (κ3) is 6.24. The van der Waals surface area contributed by atoms with E-state index < -0.39 is 5.60 Å². The molecule has 1 aromatic carbocycles. The van der Waals surface area contributed by atoms with E-state index >= 15 is 0 Å². The molecule has 5 rings (SSSR count). The van der Waals surface area contributed by atoms with Crippen LogP contribution in [-0.4, -0.2) is 78.3 Å². The Morgan fingerprint density at radius 1 is 0.865 bits per heavy atom. The van der Waals surface area contributed by atoms with Gasteiger partial charge in [-0.15, -0.1) is 0 Å². The van der Waals surface area contributed by atoms with Crippen molar-refractivity contribution in [2.24, 2.45) is 0 Å². The topological polar surface area (TPSA) is 65.1 Å². The number of benzene rings is 1. The second kappa shape index (κ2) is 11.2. The van der Waals surface area contributed by atoms with Crippen LogP contribution >= 0.6 is 0 Å². The van der Waals surface area contributed by atoms with Crippen LogP contribution in [0.2, 0.25) is 0 Å². The zero-order valence-corrected chi connectivity index (χ0v) is 23.1. The second-order valence-electron chi connectivity index (χ2n) is 12.6. The first-order chi connectivity index (χ1) is 17.8. The quantitative estimate of drug-likeness (QED) is 0.624. The Bertz CT molecular complexity index is 938. The van der Waals surface area contributed by atoms with Crippen LogP contribution in [0.5, 0.6) is 0 Å². The number of piperazine rings is 1. The molecule has 37 heavy (non-hydrogen) atoms. The summed E-state index contributed by atoms with van der Waals surface area (Å²) in [6.07, 6.45) is 10.3. The molecule has 3 fully saturated rings. The highest BCUT2D eigenvalue weighted by Gasteiger charge is 2.40. The smallest absolute Gasteiger partial charge is 0.407 e. The Morgan fingerprint density at radius 3 is 2.22 bits per heavy atom. The largest absolute Gasteiger partial charge is 0.444 e. The van der Waals surface area contributed by atoms with E-state index in [9.17, 15) is 9.59 Å². The lowest BCUT2D eigenvalue weighted by molar-refractivity contribution is -0.134. The number of rotatable bonds is 4. The molecule has 2 saturated carbocycles. The van der Waals surface area contributed by atoms with Gasteiger partial charge in [0.25, 0.3) is 0 Å². The number of anilines is 1. The van der Waals surface area contributed by atoms with Gasteiger partial charge in [-0.1, -0.05) is 37.5 Å². The van der Waals surface area contributed by atoms with E-state index in [1.54, 1.807) is 0 Å². The summed E-state index contributed by atoms with van der Waals surface area (Å²) in [7, 11) is 0. The minimum atomic E-state index is -0.482. The van der Waals surface area contributed by atoms with Crippen molar-refractivity contribution in [1.82, 2.24) is 15.1 Å². The zero-order valence-electron chi connectivity index (χ0n) is 23.1. The highest BCUT2D eigenvalue weighted by Crippen LogP contribution is 2.41. The van der Waals surface area contributed by atoms with Crippen LogP contribution < -0.4 is 10.2 Å². The summed E-state index contributed by atoms with van der Waals surface area (Å²) in [6.45, 7) is 10.2. The molecule has 1 aromatic rings. The fraction of sp³-hybridized carbons (Fsp3) is 0.733. The van der Waals surface area contributed by atoms with Gasteiger partial charge in [0.15, 0.2) is 0 Å². The van der Waals surface area contributed by atoms with Gasteiger partial charge < -0.3 is 19.9 Å². The summed E-state index contributed by atoms with van der Waals surface area (Å²) in [4.78, 5) is 33.3. The van der Waals surface area contributed by atoms with E-state index in [0.717, 1.165) is 64.4 Å². The van der Waals surface area contributed by atoms with Crippen LogP contribution in [0.25, 0.3) is 0 Å². The average Bonchev–Trinajstić information content (AvgIpc) is 3.28. The fourth-order valence-electron chi connectivity index (χ4n) is 6.97. The van der Waals surface area contributed by atoms with Gasteiger partial charge in [-0.2, -0.15) is 0 Å². The molecule has 0 spiro atoms. The summed E-state index contributed by atoms with van der Waals surface area (Å²) in [5.74, 6) is 0.230. The lowest BCUT2D eigenvalue weighted by Gasteiger charge is -2.41. The second-order valence-corrected chi connectivity index (χ2v) is 12.6. The van der Waals surface area contributed by atoms with Crippen LogP contribution in [0.3, 0.4) is 0 Å². The molecule has 1 unspecified atom stereocenters. The van der Waals surface area contributed by atoms with Crippen LogP contribution in [0.1, 0.15) is 90.0 Å². The fourth-order valence-corrected chi connectivity index (χ4v) is 6.97. The normalized spacial score (nSPS) is 27.6. The standard InChI is InChI=1S/C30H46N4O3/c1-30(2,3)37-29(36)31-22-13-15-24(16-14-22)34-21-26(25-11-7-8-12-27(25)34)28(35)33-19-17-32(18-20-33)23-9-5-4-6-10-23/h7-8,11-12,22-24,26H,4-6,9-10,13-21H2,1-3H3,(H,31,36). The molecule has 0 bridgehead atoms. The SMILES string of the molecule is CC(C)(C)OC(=O)NC1CCC(N2CC(C(=O)N3CCN(C4CCCCC4)CC3)c3ccccc32)CC1. The van der Waals surface area contributed by atoms with Crippen molar-refractivity contribution >= 4 is 17.7 Å². The number of alkyl carbamates (subject to hydrolysis) is 1. The number of carbonyl (C=O) groups excluding carboxylic acids is 2. The Balaban J connectivity index is 1.17. The minimum Gasteiger partial charge on any atom is -0.444 e. The van der Waals surface area contributed by atoms with E-state index in [0.29, 0.717) is 11.9 Å². The van der Waals surface area contributed by atoms with Gasteiger partial charge in [0.05, 0.1) is 5.92 Å². The molecule has 0 aromatic heterocycles. The van der Waals surface area contributed by atoms with Crippen molar-refractivity contribution in [3.8, 4) is 0 Å². The summed E-state index contributed by atoms with van der Waals surface area (Å²) in [6, 6.07) is 9.80. The molecule has 2 amide bonds. The van der Waals surface area contributed by atoms with E-state index in [1.165, 1.54) is 43.4 Å². The Kier molecular flexibility index (Phi) is 7.99. The van der Waals surface area contributed by atoms with Crippen molar-refractivity contribution in [3.63, 3.8) is 0 Å². The Labute approximate surface area is 222 Å².